The molecule has 0 atom stereocenters. The van der Waals surface area contributed by atoms with E-state index in [1.807, 2.05) is 0 Å². The molecule has 0 aliphatic rings. The molecule has 0 saturated heterocycles. The van der Waals surface area contributed by atoms with Gasteiger partial charge in [0.25, 0.3) is 0 Å². The molecule has 0 spiro atoms. The lowest BCUT2D eigenvalue weighted by Gasteiger charge is -2.10. The van der Waals surface area contributed by atoms with Crippen molar-refractivity contribution in [2.24, 2.45) is 0 Å². The largest absolute Gasteiger partial charge is 0.417 e. The summed E-state index contributed by atoms with van der Waals surface area (Å²) in [7, 11) is 0. The first-order valence-corrected chi connectivity index (χ1v) is 5.30. The molecule has 0 amide bonds. The van der Waals surface area contributed by atoms with Gasteiger partial charge in [-0.2, -0.15) is 13.2 Å². The molecule has 0 N–H and O–H groups in total. The Morgan fingerprint density at radius 3 is 2.44 bits per heavy atom. The highest BCUT2D eigenvalue weighted by molar-refractivity contribution is 7.13. The van der Waals surface area contributed by atoms with Crippen molar-refractivity contribution >= 4 is 11.3 Å². The van der Waals surface area contributed by atoms with Crippen LogP contribution in [0.2, 0.25) is 0 Å². The average molecular weight is 242 g/mol. The van der Waals surface area contributed by atoms with E-state index in [-0.39, 0.29) is 5.56 Å². The van der Waals surface area contributed by atoms with Gasteiger partial charge in [0.2, 0.25) is 0 Å². The Hall–Kier alpha value is -1.36. The van der Waals surface area contributed by atoms with Gasteiger partial charge >= 0.3 is 6.18 Å². The van der Waals surface area contributed by atoms with Gasteiger partial charge in [0, 0.05) is 10.9 Å². The number of thiazole rings is 1. The molecule has 83 valence electrons. The molecular weight excluding hydrogens is 235 g/mol. The highest BCUT2D eigenvalue weighted by atomic mass is 32.1. The number of halogens is 3. The maximum absolute atomic E-state index is 12.7. The molecule has 0 aliphatic carbocycles. The van der Waals surface area contributed by atoms with Crippen LogP contribution in [-0.2, 0) is 6.18 Å². The maximum Gasteiger partial charge on any atom is 0.417 e. The minimum absolute atomic E-state index is 0.106. The van der Waals surface area contributed by atoms with Crippen LogP contribution in [0, 0.1) is 6.92 Å². The predicted molar refractivity (Wildman–Crippen MR) is 57.0 cm³/mol. The van der Waals surface area contributed by atoms with Crippen LogP contribution in [0.1, 0.15) is 11.3 Å². The van der Waals surface area contributed by atoms with Crippen LogP contribution in [-0.4, -0.2) is 4.98 Å². The number of aromatic nitrogens is 1. The van der Waals surface area contributed by atoms with Crippen LogP contribution in [0.4, 0.5) is 13.2 Å². The van der Waals surface area contributed by atoms with Crippen LogP contribution in [0.3, 0.4) is 0 Å². The van der Waals surface area contributed by atoms with E-state index in [4.69, 9.17) is 0 Å². The lowest BCUT2D eigenvalue weighted by atomic mass is 10.1. The van der Waals surface area contributed by atoms with Crippen LogP contribution >= 0.6 is 11.3 Å². The van der Waals surface area contributed by atoms with E-state index in [0.29, 0.717) is 10.7 Å². The highest BCUT2D eigenvalue weighted by Gasteiger charge is 2.33. The lowest BCUT2D eigenvalue weighted by molar-refractivity contribution is -0.137. The molecule has 1 nitrogen and oxygen atoms in total. The standard InChI is InChI=1S/C11H7F3NS/c1-7-6-16-10(15-7)8-4-2-3-5-9(8)11(12,13)14/h2-6H,1H2. The number of alkyl halides is 3. The molecule has 5 heteroatoms. The Kier molecular flexibility index (Phi) is 2.71. The maximum atomic E-state index is 12.7. The Balaban J connectivity index is 2.57. The molecule has 0 saturated carbocycles. The summed E-state index contributed by atoms with van der Waals surface area (Å²) in [6.45, 7) is 3.58. The second-order valence-electron chi connectivity index (χ2n) is 3.19. The fourth-order valence-electron chi connectivity index (χ4n) is 1.35. The van der Waals surface area contributed by atoms with E-state index in [2.05, 4.69) is 11.9 Å². The first-order valence-electron chi connectivity index (χ1n) is 4.42. The van der Waals surface area contributed by atoms with Gasteiger partial charge < -0.3 is 0 Å². The molecule has 1 heterocycles. The first-order chi connectivity index (χ1) is 7.48. The molecule has 0 bridgehead atoms. The van der Waals surface area contributed by atoms with E-state index >= 15 is 0 Å². The van der Waals surface area contributed by atoms with Crippen LogP contribution in [0.15, 0.2) is 29.6 Å². The fraction of sp³-hybridized carbons (Fsp3) is 0.0909. The normalized spacial score (nSPS) is 11.8. The van der Waals surface area contributed by atoms with Crippen molar-refractivity contribution in [2.75, 3.05) is 0 Å². The Morgan fingerprint density at radius 2 is 1.88 bits per heavy atom. The summed E-state index contributed by atoms with van der Waals surface area (Å²) >= 11 is 1.16. The third-order valence-electron chi connectivity index (χ3n) is 2.01. The van der Waals surface area contributed by atoms with Crippen LogP contribution < -0.4 is 0 Å². The molecule has 0 unspecified atom stereocenters. The van der Waals surface area contributed by atoms with Crippen LogP contribution in [0.25, 0.3) is 10.6 Å². The van der Waals surface area contributed by atoms with Crippen molar-refractivity contribution in [1.82, 2.24) is 4.98 Å². The van der Waals surface area contributed by atoms with E-state index in [0.717, 1.165) is 17.4 Å². The molecule has 16 heavy (non-hydrogen) atoms. The van der Waals surface area contributed by atoms with Crippen molar-refractivity contribution in [3.8, 4) is 10.6 Å². The summed E-state index contributed by atoms with van der Waals surface area (Å²) in [5.41, 5.74) is -0.0729. The molecule has 2 aromatic rings. The number of benzene rings is 1. The topological polar surface area (TPSA) is 12.9 Å². The zero-order valence-electron chi connectivity index (χ0n) is 8.08. The lowest BCUT2D eigenvalue weighted by Crippen LogP contribution is -2.06. The third kappa shape index (κ3) is 2.09. The Bertz CT molecular complexity index is 502. The van der Waals surface area contributed by atoms with Crippen molar-refractivity contribution in [1.29, 1.82) is 0 Å². The minimum Gasteiger partial charge on any atom is -0.241 e. The fourth-order valence-corrected chi connectivity index (χ4v) is 2.12. The van der Waals surface area contributed by atoms with Crippen molar-refractivity contribution in [2.45, 2.75) is 6.18 Å². The number of rotatable bonds is 1. The monoisotopic (exact) mass is 242 g/mol. The zero-order valence-corrected chi connectivity index (χ0v) is 8.90. The number of nitrogens with zero attached hydrogens (tertiary/aromatic N) is 1. The summed E-state index contributed by atoms with van der Waals surface area (Å²) < 4.78 is 38.1. The van der Waals surface area contributed by atoms with E-state index < -0.39 is 11.7 Å². The first kappa shape index (κ1) is 11.1. The molecule has 1 aromatic heterocycles. The van der Waals surface area contributed by atoms with Gasteiger partial charge in [0.05, 0.1) is 11.3 Å². The summed E-state index contributed by atoms with van der Waals surface area (Å²) in [5, 5.41) is 1.97. The number of hydrogen-bond donors (Lipinski definition) is 0. The highest BCUT2D eigenvalue weighted by Crippen LogP contribution is 2.37. The molecule has 1 radical (unpaired) electrons. The van der Waals surface area contributed by atoms with Crippen molar-refractivity contribution in [3.63, 3.8) is 0 Å². The summed E-state index contributed by atoms with van der Waals surface area (Å²) in [6.07, 6.45) is -4.36. The summed E-state index contributed by atoms with van der Waals surface area (Å²) in [5.74, 6) is 0. The third-order valence-corrected chi connectivity index (χ3v) is 2.94. The quantitative estimate of drug-likeness (QED) is 0.736. The molecule has 0 fully saturated rings. The summed E-state index contributed by atoms with van der Waals surface area (Å²) in [6, 6.07) is 5.40. The SMILES string of the molecule is [CH2]c1csc(-c2ccccc2C(F)(F)F)n1. The Morgan fingerprint density at radius 1 is 1.19 bits per heavy atom. The van der Waals surface area contributed by atoms with Crippen molar-refractivity contribution < 1.29 is 13.2 Å². The van der Waals surface area contributed by atoms with Gasteiger partial charge in [0.15, 0.2) is 0 Å². The van der Waals surface area contributed by atoms with Gasteiger partial charge in [-0.25, -0.2) is 4.98 Å². The molecular formula is C11H7F3NS. The van der Waals surface area contributed by atoms with Crippen LogP contribution in [0.5, 0.6) is 0 Å². The number of hydrogen-bond acceptors (Lipinski definition) is 2. The van der Waals surface area contributed by atoms with E-state index in [1.54, 1.807) is 11.4 Å². The zero-order chi connectivity index (χ0) is 11.8. The molecule has 1 aromatic carbocycles. The van der Waals surface area contributed by atoms with E-state index in [1.165, 1.54) is 12.1 Å². The van der Waals surface area contributed by atoms with Gasteiger partial charge in [0.1, 0.15) is 5.01 Å². The van der Waals surface area contributed by atoms with Crippen molar-refractivity contribution in [3.05, 3.63) is 47.8 Å². The van der Waals surface area contributed by atoms with Gasteiger partial charge in [-0.3, -0.25) is 0 Å². The average Bonchev–Trinajstić information content (AvgIpc) is 2.64. The predicted octanol–water partition coefficient (Wildman–Crippen LogP) is 4.01. The molecule has 0 aliphatic heterocycles. The minimum atomic E-state index is -4.36. The van der Waals surface area contributed by atoms with Gasteiger partial charge in [-0.1, -0.05) is 18.2 Å². The van der Waals surface area contributed by atoms with Gasteiger partial charge in [-0.15, -0.1) is 11.3 Å². The smallest absolute Gasteiger partial charge is 0.241 e. The Labute approximate surface area is 94.6 Å². The molecule has 2 rings (SSSR count). The van der Waals surface area contributed by atoms with Gasteiger partial charge in [-0.05, 0) is 13.0 Å². The second-order valence-corrected chi connectivity index (χ2v) is 4.05. The second kappa shape index (κ2) is 3.90. The summed E-state index contributed by atoms with van der Waals surface area (Å²) in [4.78, 5) is 3.96. The van der Waals surface area contributed by atoms with E-state index in [9.17, 15) is 13.2 Å².